The van der Waals surface area contributed by atoms with Crippen molar-refractivity contribution < 1.29 is 19.0 Å². The molecular formula is C18H14BClN2O4. The molecule has 1 aliphatic heterocycles. The number of carbonyl (C=O) groups is 1. The first-order valence-electron chi connectivity index (χ1n) is 7.99. The van der Waals surface area contributed by atoms with Crippen molar-refractivity contribution >= 4 is 35.8 Å². The topological polar surface area (TPSA) is 84.6 Å². The Bertz CT molecular complexity index is 990. The number of anilines is 1. The molecule has 2 N–H and O–H groups in total. The Morgan fingerprint density at radius 3 is 2.85 bits per heavy atom. The Hall–Kier alpha value is -2.61. The molecule has 130 valence electrons. The van der Waals surface area contributed by atoms with Crippen LogP contribution in [0.1, 0.15) is 21.7 Å². The van der Waals surface area contributed by atoms with E-state index in [-0.39, 0.29) is 17.2 Å². The van der Waals surface area contributed by atoms with Gasteiger partial charge >= 0.3 is 7.12 Å². The summed E-state index contributed by atoms with van der Waals surface area (Å²) in [6.07, 6.45) is 0. The number of nitrogens with one attached hydrogen (secondary N) is 1. The Balaban J connectivity index is 1.68. The van der Waals surface area contributed by atoms with Crippen LogP contribution in [0.5, 0.6) is 0 Å². The van der Waals surface area contributed by atoms with Gasteiger partial charge in [-0.1, -0.05) is 47.1 Å². The van der Waals surface area contributed by atoms with E-state index < -0.39 is 13.0 Å². The Morgan fingerprint density at radius 2 is 2.08 bits per heavy atom. The fourth-order valence-corrected chi connectivity index (χ4v) is 3.18. The first-order valence-corrected chi connectivity index (χ1v) is 8.37. The van der Waals surface area contributed by atoms with Gasteiger partial charge in [0.15, 0.2) is 5.76 Å². The Kier molecular flexibility index (Phi) is 4.28. The van der Waals surface area contributed by atoms with Crippen LogP contribution < -0.4 is 10.8 Å². The van der Waals surface area contributed by atoms with Crippen molar-refractivity contribution in [3.63, 3.8) is 0 Å². The largest absolute Gasteiger partial charge is 0.491 e. The molecule has 0 unspecified atom stereocenters. The van der Waals surface area contributed by atoms with Crippen molar-refractivity contribution in [3.8, 4) is 11.3 Å². The zero-order valence-electron chi connectivity index (χ0n) is 13.8. The molecule has 26 heavy (non-hydrogen) atoms. The molecule has 0 radical (unpaired) electrons. The molecule has 1 amide bonds. The summed E-state index contributed by atoms with van der Waals surface area (Å²) in [6, 6.07) is 12.6. The quantitative estimate of drug-likeness (QED) is 0.695. The van der Waals surface area contributed by atoms with Gasteiger partial charge in [-0.3, -0.25) is 4.79 Å². The predicted molar refractivity (Wildman–Crippen MR) is 98.5 cm³/mol. The summed E-state index contributed by atoms with van der Waals surface area (Å²) in [5, 5.41) is 17.0. The van der Waals surface area contributed by atoms with Crippen molar-refractivity contribution in [2.75, 3.05) is 5.32 Å². The third kappa shape index (κ3) is 2.90. The Labute approximate surface area is 154 Å². The number of fused-ring (bicyclic) bond motifs is 1. The van der Waals surface area contributed by atoms with E-state index in [9.17, 15) is 9.82 Å². The molecule has 0 spiro atoms. The van der Waals surface area contributed by atoms with Crippen molar-refractivity contribution in [1.29, 1.82) is 0 Å². The maximum Gasteiger partial charge on any atom is 0.491 e. The first kappa shape index (κ1) is 16.8. The summed E-state index contributed by atoms with van der Waals surface area (Å²) in [5.41, 5.74) is 3.40. The van der Waals surface area contributed by atoms with Gasteiger partial charge < -0.3 is 19.5 Å². The zero-order valence-corrected chi connectivity index (χ0v) is 14.6. The second-order valence-electron chi connectivity index (χ2n) is 5.98. The summed E-state index contributed by atoms with van der Waals surface area (Å²) in [5.74, 6) is 0.0678. The van der Waals surface area contributed by atoms with E-state index in [4.69, 9.17) is 20.8 Å². The number of amides is 1. The van der Waals surface area contributed by atoms with E-state index in [1.165, 1.54) is 0 Å². The molecule has 2 heterocycles. The zero-order chi connectivity index (χ0) is 18.3. The number of hydrogen-bond donors (Lipinski definition) is 2. The van der Waals surface area contributed by atoms with Crippen molar-refractivity contribution in [3.05, 3.63) is 64.4 Å². The van der Waals surface area contributed by atoms with Crippen LogP contribution in [0.3, 0.4) is 0 Å². The summed E-state index contributed by atoms with van der Waals surface area (Å²) in [4.78, 5) is 12.8. The number of benzene rings is 2. The van der Waals surface area contributed by atoms with Gasteiger partial charge in [0.25, 0.3) is 5.91 Å². The van der Waals surface area contributed by atoms with Gasteiger partial charge in [0.2, 0.25) is 0 Å². The lowest BCUT2D eigenvalue weighted by Crippen LogP contribution is -2.29. The van der Waals surface area contributed by atoms with Gasteiger partial charge in [-0.05, 0) is 30.1 Å². The normalized spacial score (nSPS) is 13.0. The van der Waals surface area contributed by atoms with Gasteiger partial charge in [0.1, 0.15) is 11.4 Å². The summed E-state index contributed by atoms with van der Waals surface area (Å²) in [6.45, 7) is 1.98. The number of aromatic nitrogens is 1. The van der Waals surface area contributed by atoms with Gasteiger partial charge in [0, 0.05) is 5.56 Å². The van der Waals surface area contributed by atoms with E-state index in [0.717, 1.165) is 11.1 Å². The second kappa shape index (κ2) is 6.61. The molecule has 6 nitrogen and oxygen atoms in total. The van der Waals surface area contributed by atoms with E-state index in [0.29, 0.717) is 22.6 Å². The molecule has 0 bridgehead atoms. The number of hydrogen-bond acceptors (Lipinski definition) is 5. The molecule has 0 atom stereocenters. The van der Waals surface area contributed by atoms with Crippen LogP contribution in [0.15, 0.2) is 47.0 Å². The molecule has 0 saturated heterocycles. The van der Waals surface area contributed by atoms with E-state index in [2.05, 4.69) is 10.5 Å². The smallest absolute Gasteiger partial charge is 0.423 e. The van der Waals surface area contributed by atoms with Crippen LogP contribution in [0, 0.1) is 6.92 Å². The summed E-state index contributed by atoms with van der Waals surface area (Å²) < 4.78 is 10.4. The number of rotatable bonds is 3. The lowest BCUT2D eigenvalue weighted by Gasteiger charge is -2.09. The van der Waals surface area contributed by atoms with E-state index in [1.807, 2.05) is 30.3 Å². The molecule has 1 aliphatic rings. The maximum absolute atomic E-state index is 12.8. The standard InChI is InChI=1S/C18H14BClN2O4/c1-10-16(17(22-26-10)11-5-3-2-4-6-11)21-18(23)13-8-14-12(7-15(13)20)9-25-19(14)24/h2-8,24H,9H2,1H3,(H,21,23). The van der Waals surface area contributed by atoms with E-state index >= 15 is 0 Å². The van der Waals surface area contributed by atoms with Crippen LogP contribution in [-0.4, -0.2) is 23.2 Å². The Morgan fingerprint density at radius 1 is 1.31 bits per heavy atom. The van der Waals surface area contributed by atoms with Gasteiger partial charge in [0.05, 0.1) is 17.2 Å². The monoisotopic (exact) mass is 368 g/mol. The summed E-state index contributed by atoms with van der Waals surface area (Å²) >= 11 is 6.25. The highest BCUT2D eigenvalue weighted by Gasteiger charge is 2.30. The highest BCUT2D eigenvalue weighted by atomic mass is 35.5. The van der Waals surface area contributed by atoms with Crippen LogP contribution in [-0.2, 0) is 11.3 Å². The minimum atomic E-state index is -1.05. The minimum absolute atomic E-state index is 0.245. The number of nitrogens with zero attached hydrogens (tertiary/aromatic N) is 1. The SMILES string of the molecule is Cc1onc(-c2ccccc2)c1NC(=O)c1cc2c(cc1Cl)COB2O. The third-order valence-electron chi connectivity index (χ3n) is 4.28. The average molecular weight is 369 g/mol. The predicted octanol–water partition coefficient (Wildman–Crippen LogP) is 2.77. The number of halogens is 1. The van der Waals surface area contributed by atoms with Crippen molar-refractivity contribution in [1.82, 2.24) is 5.16 Å². The van der Waals surface area contributed by atoms with E-state index in [1.54, 1.807) is 19.1 Å². The first-order chi connectivity index (χ1) is 12.5. The molecule has 3 aromatic rings. The fourth-order valence-electron chi connectivity index (χ4n) is 2.91. The molecule has 4 rings (SSSR count). The molecule has 2 aromatic carbocycles. The van der Waals surface area contributed by atoms with Crippen LogP contribution in [0.25, 0.3) is 11.3 Å². The molecule has 0 saturated carbocycles. The van der Waals surface area contributed by atoms with Crippen molar-refractivity contribution in [2.45, 2.75) is 13.5 Å². The molecule has 8 heteroatoms. The highest BCUT2D eigenvalue weighted by molar-refractivity contribution is 6.61. The summed E-state index contributed by atoms with van der Waals surface area (Å²) in [7, 11) is -1.05. The van der Waals surface area contributed by atoms with Crippen LogP contribution in [0.4, 0.5) is 5.69 Å². The lowest BCUT2D eigenvalue weighted by molar-refractivity contribution is 0.102. The maximum atomic E-state index is 12.8. The fraction of sp³-hybridized carbons (Fsp3) is 0.111. The van der Waals surface area contributed by atoms with Crippen LogP contribution in [0.2, 0.25) is 5.02 Å². The molecular weight excluding hydrogens is 354 g/mol. The number of carbonyl (C=O) groups excluding carboxylic acids is 1. The second-order valence-corrected chi connectivity index (χ2v) is 6.38. The van der Waals surface area contributed by atoms with Gasteiger partial charge in [-0.2, -0.15) is 0 Å². The highest BCUT2D eigenvalue weighted by Crippen LogP contribution is 2.31. The lowest BCUT2D eigenvalue weighted by atomic mass is 9.78. The average Bonchev–Trinajstić information content (AvgIpc) is 3.18. The van der Waals surface area contributed by atoms with Gasteiger partial charge in [-0.25, -0.2) is 0 Å². The number of aryl methyl sites for hydroxylation is 1. The minimum Gasteiger partial charge on any atom is -0.423 e. The third-order valence-corrected chi connectivity index (χ3v) is 4.60. The molecule has 0 fully saturated rings. The van der Waals surface area contributed by atoms with Gasteiger partial charge in [-0.15, -0.1) is 0 Å². The molecule has 1 aromatic heterocycles. The van der Waals surface area contributed by atoms with Crippen molar-refractivity contribution in [2.24, 2.45) is 0 Å². The van der Waals surface area contributed by atoms with Crippen LogP contribution >= 0.6 is 11.6 Å². The molecule has 0 aliphatic carbocycles.